The number of aryl methyl sites for hydroxylation is 1. The molecule has 3 aliphatic rings. The van der Waals surface area contributed by atoms with E-state index in [2.05, 4.69) is 0 Å². The molecule has 14 heteroatoms. The van der Waals surface area contributed by atoms with Crippen molar-refractivity contribution in [3.8, 4) is 0 Å². The molecule has 212 valence electrons. The van der Waals surface area contributed by atoms with Crippen LogP contribution in [0.1, 0.15) is 36.0 Å². The average molecular weight is 583 g/mol. The van der Waals surface area contributed by atoms with Crippen LogP contribution in [0.4, 0.5) is 39.9 Å². The van der Waals surface area contributed by atoms with Crippen molar-refractivity contribution in [2.24, 2.45) is 5.92 Å². The van der Waals surface area contributed by atoms with Crippen molar-refractivity contribution >= 4 is 15.9 Å². The molecule has 1 saturated carbocycles. The van der Waals surface area contributed by atoms with Crippen LogP contribution >= 0.6 is 0 Å². The van der Waals surface area contributed by atoms with Crippen molar-refractivity contribution in [3.05, 3.63) is 65.0 Å². The normalized spacial score (nSPS) is 25.8. The molecule has 0 unspecified atom stereocenters. The largest absolute Gasteiger partial charge is 0.448 e. The second-order valence-corrected chi connectivity index (χ2v) is 12.1. The molecule has 2 fully saturated rings. The Kier molecular flexibility index (Phi) is 6.24. The number of sulfone groups is 1. The van der Waals surface area contributed by atoms with E-state index in [0.717, 1.165) is 30.3 Å². The van der Waals surface area contributed by atoms with Crippen LogP contribution in [0.5, 0.6) is 0 Å². The Balaban J connectivity index is 1.71. The zero-order valence-corrected chi connectivity index (χ0v) is 20.8. The Morgan fingerprint density at radius 1 is 0.923 bits per heavy atom. The molecule has 5 nitrogen and oxygen atoms in total. The molecule has 0 spiro atoms. The van der Waals surface area contributed by atoms with Gasteiger partial charge in [0.1, 0.15) is 17.2 Å². The van der Waals surface area contributed by atoms with Crippen molar-refractivity contribution in [1.82, 2.24) is 4.90 Å². The number of ether oxygens (including phenoxy) is 1. The molecule has 39 heavy (non-hydrogen) atoms. The van der Waals surface area contributed by atoms with Gasteiger partial charge in [-0.25, -0.2) is 22.0 Å². The molecule has 0 radical (unpaired) electrons. The number of alkyl halides is 7. The van der Waals surface area contributed by atoms with Gasteiger partial charge in [-0.05, 0) is 61.1 Å². The zero-order chi connectivity index (χ0) is 28.6. The molecule has 0 aromatic heterocycles. The summed E-state index contributed by atoms with van der Waals surface area (Å²) in [4.78, 5) is 13.4. The van der Waals surface area contributed by atoms with Crippen LogP contribution in [0, 0.1) is 11.7 Å². The van der Waals surface area contributed by atoms with Crippen LogP contribution in [0.15, 0.2) is 47.4 Å². The first-order chi connectivity index (χ1) is 18.1. The van der Waals surface area contributed by atoms with Gasteiger partial charge in [0.25, 0.3) is 0 Å². The first-order valence-electron chi connectivity index (χ1n) is 12.0. The van der Waals surface area contributed by atoms with E-state index in [9.17, 15) is 48.3 Å². The summed E-state index contributed by atoms with van der Waals surface area (Å²) in [5.41, 5.74) is -7.61. The molecular weight excluding hydrogens is 562 g/mol. The van der Waals surface area contributed by atoms with Crippen LogP contribution in [0.2, 0.25) is 0 Å². The third kappa shape index (κ3) is 3.84. The van der Waals surface area contributed by atoms with Crippen LogP contribution < -0.4 is 0 Å². The van der Waals surface area contributed by atoms with E-state index in [0.29, 0.717) is 12.1 Å². The number of halogens is 8. The summed E-state index contributed by atoms with van der Waals surface area (Å²) in [5.74, 6) is -1.53. The third-order valence-electron chi connectivity index (χ3n) is 8.14. The van der Waals surface area contributed by atoms with E-state index in [-0.39, 0.29) is 54.9 Å². The maximum Gasteiger partial charge on any atom is 0.435 e. The van der Waals surface area contributed by atoms with Gasteiger partial charge in [-0.15, -0.1) is 0 Å². The van der Waals surface area contributed by atoms with Gasteiger partial charge in [0.2, 0.25) is 0 Å². The minimum Gasteiger partial charge on any atom is -0.448 e. The highest BCUT2D eigenvalue weighted by Crippen LogP contribution is 2.60. The van der Waals surface area contributed by atoms with Crippen molar-refractivity contribution in [3.63, 3.8) is 0 Å². The van der Waals surface area contributed by atoms with E-state index in [1.54, 1.807) is 0 Å². The van der Waals surface area contributed by atoms with Gasteiger partial charge in [0.05, 0.1) is 11.4 Å². The summed E-state index contributed by atoms with van der Waals surface area (Å²) < 4.78 is 141. The highest BCUT2D eigenvalue weighted by molar-refractivity contribution is 7.92. The number of hydrogen-bond donors (Lipinski definition) is 0. The Morgan fingerprint density at radius 3 is 2.13 bits per heavy atom. The van der Waals surface area contributed by atoms with E-state index in [1.807, 2.05) is 0 Å². The standard InChI is InChI=1S/C25H21F8NO4S/c26-16-3-5-17(6-4-16)39(36,37)22-10-9-20(34-11-12-38-21(34)35)19(22)7-1-14-13-15(2-8-18(14)22)23(27,24(28,29)30)25(31,32)33/h2-6,8,13,19-20H,1,7,9-12H2/t19-,20+,22+/m0/s1. The molecule has 0 N–H and O–H groups in total. The number of hydrogen-bond acceptors (Lipinski definition) is 4. The molecule has 1 saturated heterocycles. The number of fused-ring (bicyclic) bond motifs is 3. The minimum absolute atomic E-state index is 0.0252. The van der Waals surface area contributed by atoms with Gasteiger partial charge in [0, 0.05) is 17.5 Å². The molecule has 1 amide bonds. The molecule has 3 atom stereocenters. The van der Waals surface area contributed by atoms with Crippen LogP contribution in [0.3, 0.4) is 0 Å². The van der Waals surface area contributed by atoms with Crippen LogP contribution in [-0.4, -0.2) is 51.0 Å². The second-order valence-electron chi connectivity index (χ2n) is 9.93. The molecule has 2 aromatic carbocycles. The Bertz CT molecular complexity index is 1390. The minimum atomic E-state index is -6.33. The van der Waals surface area contributed by atoms with Gasteiger partial charge in [0.15, 0.2) is 9.84 Å². The average Bonchev–Trinajstić information content (AvgIpc) is 3.46. The fraction of sp³-hybridized carbons (Fsp3) is 0.480. The molecule has 2 aliphatic carbocycles. The zero-order valence-electron chi connectivity index (χ0n) is 20.0. The summed E-state index contributed by atoms with van der Waals surface area (Å²) in [6.45, 7) is 0.257. The smallest absolute Gasteiger partial charge is 0.435 e. The highest BCUT2D eigenvalue weighted by atomic mass is 32.2. The quantitative estimate of drug-likeness (QED) is 0.329. The van der Waals surface area contributed by atoms with Gasteiger partial charge in [-0.3, -0.25) is 0 Å². The molecule has 1 heterocycles. The summed E-state index contributed by atoms with van der Waals surface area (Å²) in [6.07, 6.45) is -13.5. The predicted octanol–water partition coefficient (Wildman–Crippen LogP) is 5.96. The molecule has 0 bridgehead atoms. The van der Waals surface area contributed by atoms with Crippen LogP contribution in [0.25, 0.3) is 0 Å². The number of benzene rings is 2. The number of cyclic esters (lactones) is 1. The van der Waals surface area contributed by atoms with Crippen molar-refractivity contribution in [1.29, 1.82) is 0 Å². The predicted molar refractivity (Wildman–Crippen MR) is 119 cm³/mol. The van der Waals surface area contributed by atoms with Crippen LogP contribution in [-0.2, 0) is 31.4 Å². The molecular formula is C25H21F8NO4S. The number of amides is 1. The van der Waals surface area contributed by atoms with Crippen molar-refractivity contribution < 1.29 is 53.1 Å². The first kappa shape index (κ1) is 27.7. The van der Waals surface area contributed by atoms with Crippen molar-refractivity contribution in [2.45, 2.75) is 59.4 Å². The van der Waals surface area contributed by atoms with Gasteiger partial charge < -0.3 is 9.64 Å². The first-order valence-corrected chi connectivity index (χ1v) is 13.4. The summed E-state index contributed by atoms with van der Waals surface area (Å²) in [5, 5.41) is 0. The second kappa shape index (κ2) is 8.80. The molecule has 5 rings (SSSR count). The van der Waals surface area contributed by atoms with Gasteiger partial charge >= 0.3 is 24.1 Å². The lowest BCUT2D eigenvalue weighted by atomic mass is 9.73. The SMILES string of the molecule is O=C1OCCN1[C@@H]1CC[C@@]2(S(=O)(=O)c3ccc(F)cc3)c3ccc(C(F)(C(F)(F)F)C(F)(F)F)cc3CC[C@@H]12. The lowest BCUT2D eigenvalue weighted by Crippen LogP contribution is -2.51. The van der Waals surface area contributed by atoms with E-state index in [4.69, 9.17) is 4.74 Å². The fourth-order valence-electron chi connectivity index (χ4n) is 6.43. The third-order valence-corrected chi connectivity index (χ3v) is 10.7. The summed E-state index contributed by atoms with van der Waals surface area (Å²) in [7, 11) is -4.46. The monoisotopic (exact) mass is 583 g/mol. The maximum atomic E-state index is 14.9. The fourth-order valence-corrected chi connectivity index (χ4v) is 8.89. The molecule has 1 aliphatic heterocycles. The number of carbonyl (C=O) groups is 1. The lowest BCUT2D eigenvalue weighted by molar-refractivity contribution is -0.348. The summed E-state index contributed by atoms with van der Waals surface area (Å²) in [6, 6.07) is 4.81. The Labute approximate surface area is 217 Å². The van der Waals surface area contributed by atoms with Gasteiger partial charge in [-0.1, -0.05) is 18.2 Å². The van der Waals surface area contributed by atoms with E-state index in [1.165, 1.54) is 4.90 Å². The highest BCUT2D eigenvalue weighted by Gasteiger charge is 2.74. The number of rotatable bonds is 4. The number of nitrogens with zero attached hydrogens (tertiary/aromatic N) is 1. The number of carbonyl (C=O) groups excluding carboxylic acids is 1. The van der Waals surface area contributed by atoms with Gasteiger partial charge in [-0.2, -0.15) is 26.3 Å². The lowest BCUT2D eigenvalue weighted by Gasteiger charge is -2.43. The Morgan fingerprint density at radius 2 is 1.56 bits per heavy atom. The molecule has 2 aromatic rings. The topological polar surface area (TPSA) is 63.7 Å². The Hall–Kier alpha value is -2.90. The van der Waals surface area contributed by atoms with E-state index < -0.39 is 62.0 Å². The van der Waals surface area contributed by atoms with Crippen molar-refractivity contribution in [2.75, 3.05) is 13.2 Å². The summed E-state index contributed by atoms with van der Waals surface area (Å²) >= 11 is 0. The van der Waals surface area contributed by atoms with E-state index >= 15 is 0 Å². The maximum absolute atomic E-state index is 14.9.